The van der Waals surface area contributed by atoms with Crippen molar-refractivity contribution in [2.75, 3.05) is 11.9 Å². The van der Waals surface area contributed by atoms with Crippen molar-refractivity contribution in [3.8, 4) is 5.69 Å². The van der Waals surface area contributed by atoms with E-state index in [1.165, 1.54) is 6.20 Å². The number of aromatic nitrogens is 2. The average Bonchev–Trinajstić information content (AvgIpc) is 3.04. The number of amides is 2. The third-order valence-corrected chi connectivity index (χ3v) is 4.94. The van der Waals surface area contributed by atoms with Gasteiger partial charge in [-0.1, -0.05) is 27.5 Å². The fourth-order valence-electron chi connectivity index (χ4n) is 2.69. The van der Waals surface area contributed by atoms with Gasteiger partial charge in [-0.3, -0.25) is 9.59 Å². The molecule has 0 fully saturated rings. The standard InChI is InChI=1S/C20H18BrClN4O2/c1-12-9-14(21)3-8-18(12)25-19(27)11-23-20(28)17-10-24-26(13(17)2)16-6-4-15(22)5-7-16/h3-10H,11H2,1-2H3,(H,23,28)(H,25,27). The van der Waals surface area contributed by atoms with Gasteiger partial charge in [-0.15, -0.1) is 0 Å². The van der Waals surface area contributed by atoms with E-state index in [0.717, 1.165) is 15.7 Å². The second-order valence-electron chi connectivity index (χ2n) is 6.22. The minimum absolute atomic E-state index is 0.139. The van der Waals surface area contributed by atoms with Gasteiger partial charge in [0.2, 0.25) is 5.91 Å². The summed E-state index contributed by atoms with van der Waals surface area (Å²) in [4.78, 5) is 24.6. The number of carbonyl (C=O) groups is 2. The molecule has 6 nitrogen and oxygen atoms in total. The van der Waals surface area contributed by atoms with Gasteiger partial charge in [-0.2, -0.15) is 5.10 Å². The number of nitrogens with one attached hydrogen (secondary N) is 2. The lowest BCUT2D eigenvalue weighted by atomic mass is 10.2. The van der Waals surface area contributed by atoms with Crippen LogP contribution in [0.2, 0.25) is 5.02 Å². The van der Waals surface area contributed by atoms with Gasteiger partial charge < -0.3 is 10.6 Å². The minimum atomic E-state index is -0.361. The van der Waals surface area contributed by atoms with Crippen LogP contribution in [0.3, 0.4) is 0 Å². The van der Waals surface area contributed by atoms with Crippen LogP contribution < -0.4 is 10.6 Å². The maximum absolute atomic E-state index is 12.5. The third-order valence-electron chi connectivity index (χ3n) is 4.20. The first kappa shape index (κ1) is 20.1. The van der Waals surface area contributed by atoms with E-state index in [1.807, 2.05) is 31.2 Å². The van der Waals surface area contributed by atoms with Crippen LogP contribution in [0.25, 0.3) is 5.69 Å². The first-order valence-corrected chi connectivity index (χ1v) is 9.67. The van der Waals surface area contributed by atoms with Crippen molar-refractivity contribution in [1.29, 1.82) is 0 Å². The predicted molar refractivity (Wildman–Crippen MR) is 113 cm³/mol. The summed E-state index contributed by atoms with van der Waals surface area (Å²) in [7, 11) is 0. The molecule has 0 saturated carbocycles. The molecule has 144 valence electrons. The molecule has 28 heavy (non-hydrogen) atoms. The molecule has 0 atom stereocenters. The Morgan fingerprint density at radius 3 is 2.54 bits per heavy atom. The number of rotatable bonds is 5. The monoisotopic (exact) mass is 460 g/mol. The van der Waals surface area contributed by atoms with Crippen molar-refractivity contribution < 1.29 is 9.59 Å². The second-order valence-corrected chi connectivity index (χ2v) is 7.57. The Hall–Kier alpha value is -2.64. The molecule has 3 rings (SSSR count). The van der Waals surface area contributed by atoms with Crippen molar-refractivity contribution in [2.45, 2.75) is 13.8 Å². The van der Waals surface area contributed by atoms with Crippen LogP contribution >= 0.6 is 27.5 Å². The Kier molecular flexibility index (Phi) is 6.16. The highest BCUT2D eigenvalue weighted by Crippen LogP contribution is 2.20. The summed E-state index contributed by atoms with van der Waals surface area (Å²) in [6, 6.07) is 12.7. The molecule has 8 heteroatoms. The zero-order valence-corrected chi connectivity index (χ0v) is 17.6. The number of carbonyl (C=O) groups excluding carboxylic acids is 2. The van der Waals surface area contributed by atoms with E-state index in [4.69, 9.17) is 11.6 Å². The van der Waals surface area contributed by atoms with Gasteiger partial charge in [-0.25, -0.2) is 4.68 Å². The smallest absolute Gasteiger partial charge is 0.255 e. The quantitative estimate of drug-likeness (QED) is 0.596. The minimum Gasteiger partial charge on any atom is -0.343 e. The molecule has 0 aliphatic rings. The summed E-state index contributed by atoms with van der Waals surface area (Å²) < 4.78 is 2.58. The molecule has 0 saturated heterocycles. The zero-order chi connectivity index (χ0) is 20.3. The topological polar surface area (TPSA) is 76.0 Å². The van der Waals surface area contributed by atoms with Crippen LogP contribution in [0.5, 0.6) is 0 Å². The third kappa shape index (κ3) is 4.61. The largest absolute Gasteiger partial charge is 0.343 e. The number of hydrogen-bond donors (Lipinski definition) is 2. The molecule has 2 N–H and O–H groups in total. The molecule has 1 heterocycles. The number of benzene rings is 2. The Labute approximate surface area is 176 Å². The molecule has 2 amide bonds. The van der Waals surface area contributed by atoms with E-state index in [2.05, 4.69) is 31.7 Å². The number of halogens is 2. The molecule has 0 aliphatic heterocycles. The summed E-state index contributed by atoms with van der Waals surface area (Å²) in [5.41, 5.74) is 3.50. The van der Waals surface area contributed by atoms with Crippen molar-refractivity contribution in [3.05, 3.63) is 75.0 Å². The van der Waals surface area contributed by atoms with Crippen molar-refractivity contribution in [3.63, 3.8) is 0 Å². The van der Waals surface area contributed by atoms with E-state index in [0.29, 0.717) is 22.0 Å². The number of nitrogens with zero attached hydrogens (tertiary/aromatic N) is 2. The molecule has 0 radical (unpaired) electrons. The SMILES string of the molecule is Cc1cc(Br)ccc1NC(=O)CNC(=O)c1cnn(-c2ccc(Cl)cc2)c1C. The maximum atomic E-state index is 12.5. The molecule has 0 unspecified atom stereocenters. The van der Waals surface area contributed by atoms with Crippen LogP contribution in [-0.2, 0) is 4.79 Å². The molecule has 2 aromatic carbocycles. The maximum Gasteiger partial charge on any atom is 0.255 e. The lowest BCUT2D eigenvalue weighted by Gasteiger charge is -2.10. The molecule has 1 aromatic heterocycles. The van der Waals surface area contributed by atoms with Gasteiger partial charge in [0, 0.05) is 15.2 Å². The van der Waals surface area contributed by atoms with E-state index >= 15 is 0 Å². The normalized spacial score (nSPS) is 10.6. The first-order chi connectivity index (χ1) is 13.3. The molecular formula is C20H18BrClN4O2. The van der Waals surface area contributed by atoms with Crippen LogP contribution in [0.1, 0.15) is 21.6 Å². The average molecular weight is 462 g/mol. The Balaban J connectivity index is 1.63. The molecule has 0 bridgehead atoms. The molecular weight excluding hydrogens is 444 g/mol. The number of aryl methyl sites for hydroxylation is 1. The van der Waals surface area contributed by atoms with Gasteiger partial charge in [0.1, 0.15) is 0 Å². The fourth-order valence-corrected chi connectivity index (χ4v) is 3.29. The lowest BCUT2D eigenvalue weighted by molar-refractivity contribution is -0.115. The second kappa shape index (κ2) is 8.58. The summed E-state index contributed by atoms with van der Waals surface area (Å²) >= 11 is 9.29. The highest BCUT2D eigenvalue weighted by Gasteiger charge is 2.16. The summed E-state index contributed by atoms with van der Waals surface area (Å²) in [6.07, 6.45) is 1.48. The summed E-state index contributed by atoms with van der Waals surface area (Å²) in [6.45, 7) is 3.55. The van der Waals surface area contributed by atoms with Gasteiger partial charge in [0.05, 0.1) is 29.7 Å². The lowest BCUT2D eigenvalue weighted by Crippen LogP contribution is -2.33. The van der Waals surface area contributed by atoms with E-state index in [9.17, 15) is 9.59 Å². The molecule has 3 aromatic rings. The van der Waals surface area contributed by atoms with E-state index < -0.39 is 0 Å². The van der Waals surface area contributed by atoms with E-state index in [-0.39, 0.29) is 18.4 Å². The first-order valence-electron chi connectivity index (χ1n) is 8.50. The van der Waals surface area contributed by atoms with Crippen LogP contribution in [0, 0.1) is 13.8 Å². The fraction of sp³-hybridized carbons (Fsp3) is 0.150. The highest BCUT2D eigenvalue weighted by molar-refractivity contribution is 9.10. The Morgan fingerprint density at radius 2 is 1.86 bits per heavy atom. The number of anilines is 1. The van der Waals surface area contributed by atoms with Crippen molar-refractivity contribution >= 4 is 45.0 Å². The highest BCUT2D eigenvalue weighted by atomic mass is 79.9. The van der Waals surface area contributed by atoms with Gasteiger partial charge in [0.15, 0.2) is 0 Å². The van der Waals surface area contributed by atoms with Crippen molar-refractivity contribution in [1.82, 2.24) is 15.1 Å². The Morgan fingerprint density at radius 1 is 1.14 bits per heavy atom. The predicted octanol–water partition coefficient (Wildman–Crippen LogP) is 4.27. The molecule has 0 spiro atoms. The Bertz CT molecular complexity index is 1030. The van der Waals surface area contributed by atoms with Gasteiger partial charge >= 0.3 is 0 Å². The summed E-state index contributed by atoms with van der Waals surface area (Å²) in [5, 5.41) is 10.3. The van der Waals surface area contributed by atoms with Crippen molar-refractivity contribution in [2.24, 2.45) is 0 Å². The van der Waals surface area contributed by atoms with Crippen LogP contribution in [0.15, 0.2) is 53.1 Å². The number of hydrogen-bond acceptors (Lipinski definition) is 3. The van der Waals surface area contributed by atoms with E-state index in [1.54, 1.807) is 29.8 Å². The van der Waals surface area contributed by atoms with Gasteiger partial charge in [0.25, 0.3) is 5.91 Å². The molecule has 0 aliphatic carbocycles. The zero-order valence-electron chi connectivity index (χ0n) is 15.3. The van der Waals surface area contributed by atoms with Crippen LogP contribution in [0.4, 0.5) is 5.69 Å². The van der Waals surface area contributed by atoms with Gasteiger partial charge in [-0.05, 0) is 61.9 Å². The summed E-state index contributed by atoms with van der Waals surface area (Å²) in [5.74, 6) is -0.665. The van der Waals surface area contributed by atoms with Crippen LogP contribution in [-0.4, -0.2) is 28.1 Å².